The molecule has 0 unspecified atom stereocenters. The Labute approximate surface area is 136 Å². The molecule has 0 saturated heterocycles. The first-order valence-electron chi connectivity index (χ1n) is 8.29. The number of rotatable bonds is 3. The highest BCUT2D eigenvalue weighted by molar-refractivity contribution is 7.90. The average molecular weight is 334 g/mol. The molecule has 0 atom stereocenters. The lowest BCUT2D eigenvalue weighted by Crippen LogP contribution is -2.54. The monoisotopic (exact) mass is 334 g/mol. The van der Waals surface area contributed by atoms with Gasteiger partial charge in [-0.2, -0.15) is 0 Å². The quantitative estimate of drug-likeness (QED) is 0.830. The van der Waals surface area contributed by atoms with Crippen LogP contribution in [0.3, 0.4) is 0 Å². The van der Waals surface area contributed by atoms with E-state index >= 15 is 0 Å². The van der Waals surface area contributed by atoms with Gasteiger partial charge in [0.2, 0.25) is 5.91 Å². The Hall–Kier alpha value is -1.56. The van der Waals surface area contributed by atoms with Gasteiger partial charge in [-0.3, -0.25) is 4.79 Å². The van der Waals surface area contributed by atoms with Crippen LogP contribution in [0.15, 0.2) is 29.2 Å². The van der Waals surface area contributed by atoms with Gasteiger partial charge in [-0.1, -0.05) is 0 Å². The van der Waals surface area contributed by atoms with E-state index in [9.17, 15) is 13.2 Å². The van der Waals surface area contributed by atoms with E-state index in [4.69, 9.17) is 5.73 Å². The standard InChI is InChI=1S/C17H22N2O3S/c18-14-1-3-15(4-2-14)23(21,22)19-16(20)17-8-11-5-12(9-17)7-13(6-11)10-17/h1-4,11-13H,5-10,18H2,(H,19,20). The minimum atomic E-state index is -3.82. The molecule has 0 aliphatic heterocycles. The number of nitrogens with one attached hydrogen (secondary N) is 1. The molecule has 23 heavy (non-hydrogen) atoms. The second kappa shape index (κ2) is 4.97. The zero-order valence-corrected chi connectivity index (χ0v) is 13.8. The lowest BCUT2D eigenvalue weighted by atomic mass is 9.49. The van der Waals surface area contributed by atoms with Crippen molar-refractivity contribution in [3.63, 3.8) is 0 Å². The summed E-state index contributed by atoms with van der Waals surface area (Å²) in [7, 11) is -3.82. The molecule has 3 N–H and O–H groups in total. The van der Waals surface area contributed by atoms with Crippen LogP contribution in [0.4, 0.5) is 5.69 Å². The molecule has 0 heterocycles. The second-order valence-corrected chi connectivity index (χ2v) is 9.38. The fourth-order valence-electron chi connectivity index (χ4n) is 5.32. The maximum Gasteiger partial charge on any atom is 0.264 e. The van der Waals surface area contributed by atoms with Crippen molar-refractivity contribution in [2.24, 2.45) is 23.2 Å². The number of carbonyl (C=O) groups excluding carboxylic acids is 1. The third-order valence-corrected chi connectivity index (χ3v) is 7.28. The zero-order valence-electron chi connectivity index (χ0n) is 13.0. The summed E-state index contributed by atoms with van der Waals surface area (Å²) >= 11 is 0. The van der Waals surface area contributed by atoms with Gasteiger partial charge in [-0.25, -0.2) is 13.1 Å². The van der Waals surface area contributed by atoms with Crippen LogP contribution in [-0.4, -0.2) is 14.3 Å². The van der Waals surface area contributed by atoms with Gasteiger partial charge >= 0.3 is 0 Å². The topological polar surface area (TPSA) is 89.3 Å². The Balaban J connectivity index is 1.57. The van der Waals surface area contributed by atoms with E-state index in [0.717, 1.165) is 19.3 Å². The van der Waals surface area contributed by atoms with Gasteiger partial charge in [0.05, 0.1) is 10.3 Å². The van der Waals surface area contributed by atoms with Crippen LogP contribution in [0.1, 0.15) is 38.5 Å². The van der Waals surface area contributed by atoms with Gasteiger partial charge in [-0.15, -0.1) is 0 Å². The predicted octanol–water partition coefficient (Wildman–Crippen LogP) is 2.29. The summed E-state index contributed by atoms with van der Waals surface area (Å²) in [4.78, 5) is 12.9. The third-order valence-electron chi connectivity index (χ3n) is 5.94. The molecule has 124 valence electrons. The van der Waals surface area contributed by atoms with Gasteiger partial charge in [0.1, 0.15) is 0 Å². The van der Waals surface area contributed by atoms with E-state index in [1.54, 1.807) is 0 Å². The molecule has 5 rings (SSSR count). The number of carbonyl (C=O) groups is 1. The van der Waals surface area contributed by atoms with E-state index < -0.39 is 15.4 Å². The summed E-state index contributed by atoms with van der Waals surface area (Å²) in [6, 6.07) is 5.93. The summed E-state index contributed by atoms with van der Waals surface area (Å²) in [6.07, 6.45) is 6.21. The number of nitrogens with two attached hydrogens (primary N) is 1. The molecule has 4 aliphatic carbocycles. The first-order valence-corrected chi connectivity index (χ1v) is 9.77. The Bertz CT molecular complexity index is 704. The molecule has 5 nitrogen and oxygen atoms in total. The first-order chi connectivity index (χ1) is 10.9. The lowest BCUT2D eigenvalue weighted by molar-refractivity contribution is -0.144. The number of nitrogen functional groups attached to an aromatic ring is 1. The van der Waals surface area contributed by atoms with Crippen LogP contribution in [0, 0.1) is 23.2 Å². The molecule has 6 heteroatoms. The summed E-state index contributed by atoms with van der Waals surface area (Å²) in [5, 5.41) is 0. The van der Waals surface area contributed by atoms with Crippen LogP contribution in [0.25, 0.3) is 0 Å². The van der Waals surface area contributed by atoms with Gasteiger partial charge in [-0.05, 0) is 80.5 Å². The van der Waals surface area contributed by atoms with Crippen LogP contribution in [-0.2, 0) is 14.8 Å². The van der Waals surface area contributed by atoms with Crippen molar-refractivity contribution in [2.45, 2.75) is 43.4 Å². The maximum absolute atomic E-state index is 12.8. The smallest absolute Gasteiger partial charge is 0.264 e. The highest BCUT2D eigenvalue weighted by atomic mass is 32.2. The predicted molar refractivity (Wildman–Crippen MR) is 86.8 cm³/mol. The van der Waals surface area contributed by atoms with Crippen molar-refractivity contribution in [3.05, 3.63) is 24.3 Å². The Morgan fingerprint density at radius 1 is 1.00 bits per heavy atom. The zero-order chi connectivity index (χ0) is 16.2. The highest BCUT2D eigenvalue weighted by Gasteiger charge is 2.55. The van der Waals surface area contributed by atoms with Crippen molar-refractivity contribution in [1.82, 2.24) is 4.72 Å². The van der Waals surface area contributed by atoms with E-state index in [-0.39, 0.29) is 10.8 Å². The SMILES string of the molecule is Nc1ccc(S(=O)(=O)NC(=O)C23CC4CC(CC(C4)C2)C3)cc1. The van der Waals surface area contributed by atoms with Gasteiger partial charge < -0.3 is 5.73 Å². The summed E-state index contributed by atoms with van der Waals surface area (Å²) in [6.45, 7) is 0. The van der Waals surface area contributed by atoms with E-state index in [0.29, 0.717) is 23.4 Å². The molecule has 1 amide bonds. The molecule has 0 radical (unpaired) electrons. The number of sulfonamides is 1. The summed E-state index contributed by atoms with van der Waals surface area (Å²) in [5.41, 5.74) is 5.63. The van der Waals surface area contributed by atoms with Crippen molar-refractivity contribution in [3.8, 4) is 0 Å². The number of amides is 1. The Kier molecular flexibility index (Phi) is 3.24. The van der Waals surface area contributed by atoms with E-state index in [1.165, 1.54) is 43.5 Å². The van der Waals surface area contributed by atoms with Crippen molar-refractivity contribution < 1.29 is 13.2 Å². The largest absolute Gasteiger partial charge is 0.399 e. The van der Waals surface area contributed by atoms with Crippen LogP contribution in [0.2, 0.25) is 0 Å². The lowest BCUT2D eigenvalue weighted by Gasteiger charge is -2.55. The fraction of sp³-hybridized carbons (Fsp3) is 0.588. The minimum Gasteiger partial charge on any atom is -0.399 e. The van der Waals surface area contributed by atoms with Crippen molar-refractivity contribution in [1.29, 1.82) is 0 Å². The van der Waals surface area contributed by atoms with Gasteiger partial charge in [0, 0.05) is 5.69 Å². The minimum absolute atomic E-state index is 0.0878. The molecule has 0 spiro atoms. The normalized spacial score (nSPS) is 35.2. The van der Waals surface area contributed by atoms with Crippen LogP contribution >= 0.6 is 0 Å². The Morgan fingerprint density at radius 2 is 1.48 bits per heavy atom. The van der Waals surface area contributed by atoms with Gasteiger partial charge in [0.25, 0.3) is 10.0 Å². The number of hydrogen-bond donors (Lipinski definition) is 2. The molecule has 4 aliphatic rings. The van der Waals surface area contributed by atoms with Crippen LogP contribution < -0.4 is 10.5 Å². The number of hydrogen-bond acceptors (Lipinski definition) is 4. The Morgan fingerprint density at radius 3 is 1.96 bits per heavy atom. The van der Waals surface area contributed by atoms with Crippen molar-refractivity contribution in [2.75, 3.05) is 5.73 Å². The molecule has 4 fully saturated rings. The summed E-state index contributed by atoms with van der Waals surface area (Å²) in [5.74, 6) is 1.51. The molecule has 4 bridgehead atoms. The average Bonchev–Trinajstić information content (AvgIpc) is 2.45. The molecular formula is C17H22N2O3S. The van der Waals surface area contributed by atoms with E-state index in [1.807, 2.05) is 0 Å². The molecule has 1 aromatic carbocycles. The maximum atomic E-state index is 12.8. The van der Waals surface area contributed by atoms with Crippen LogP contribution in [0.5, 0.6) is 0 Å². The van der Waals surface area contributed by atoms with Crippen molar-refractivity contribution >= 4 is 21.6 Å². The second-order valence-electron chi connectivity index (χ2n) is 7.70. The number of anilines is 1. The number of benzene rings is 1. The molecular weight excluding hydrogens is 312 g/mol. The molecule has 0 aromatic heterocycles. The molecule has 4 saturated carbocycles. The molecule has 1 aromatic rings. The highest BCUT2D eigenvalue weighted by Crippen LogP contribution is 2.60. The fourth-order valence-corrected chi connectivity index (χ4v) is 6.40. The first kappa shape index (κ1) is 15.0. The van der Waals surface area contributed by atoms with Gasteiger partial charge in [0.15, 0.2) is 0 Å². The third kappa shape index (κ3) is 2.53. The van der Waals surface area contributed by atoms with E-state index in [2.05, 4.69) is 4.72 Å². The summed E-state index contributed by atoms with van der Waals surface area (Å²) < 4.78 is 27.3.